The van der Waals surface area contributed by atoms with Crippen LogP contribution in [0.15, 0.2) is 24.3 Å². The Kier molecular flexibility index (Phi) is 5.76. The number of nitrogens with one attached hydrogen (secondary N) is 1. The van der Waals surface area contributed by atoms with Gasteiger partial charge in [0.15, 0.2) is 0 Å². The molecule has 0 spiro atoms. The molecule has 1 rings (SSSR count). The average Bonchev–Trinajstić information content (AvgIpc) is 2.36. The number of hydrogen-bond donors (Lipinski definition) is 1. The van der Waals surface area contributed by atoms with Gasteiger partial charge in [-0.2, -0.15) is 0 Å². The first-order valence-corrected chi connectivity index (χ1v) is 7.03. The molecule has 0 aliphatic heterocycles. The Morgan fingerprint density at radius 3 is 2.43 bits per heavy atom. The Hall–Kier alpha value is -2.04. The third kappa shape index (κ3) is 5.45. The van der Waals surface area contributed by atoms with E-state index in [2.05, 4.69) is 5.32 Å². The van der Waals surface area contributed by atoms with E-state index in [1.807, 2.05) is 33.8 Å². The maximum Gasteiger partial charge on any atom is 0.257 e. The van der Waals surface area contributed by atoms with Gasteiger partial charge in [0.05, 0.1) is 18.7 Å². The number of amides is 2. The van der Waals surface area contributed by atoms with Gasteiger partial charge < -0.3 is 15.0 Å². The lowest BCUT2D eigenvalue weighted by atomic mass is 10.1. The van der Waals surface area contributed by atoms with Gasteiger partial charge in [-0.15, -0.1) is 0 Å². The molecule has 0 radical (unpaired) electrons. The van der Waals surface area contributed by atoms with E-state index < -0.39 is 0 Å². The molecule has 0 saturated carbocycles. The molecule has 0 aliphatic carbocycles. The minimum Gasteiger partial charge on any atom is -0.493 e. The second-order valence-corrected chi connectivity index (χ2v) is 5.89. The summed E-state index contributed by atoms with van der Waals surface area (Å²) in [6.45, 7) is 8.06. The SMILES string of the molecule is CCOc1ccccc1C(=O)N(C)CC(=O)NC(C)(C)C. The number of para-hydroxylation sites is 1. The van der Waals surface area contributed by atoms with Gasteiger partial charge in [0.1, 0.15) is 5.75 Å². The molecule has 0 aromatic heterocycles. The lowest BCUT2D eigenvalue weighted by molar-refractivity contribution is -0.122. The zero-order valence-electron chi connectivity index (χ0n) is 13.4. The fourth-order valence-corrected chi connectivity index (χ4v) is 1.88. The van der Waals surface area contributed by atoms with Crippen LogP contribution in [0, 0.1) is 0 Å². The van der Waals surface area contributed by atoms with Gasteiger partial charge in [-0.25, -0.2) is 0 Å². The molecule has 21 heavy (non-hydrogen) atoms. The average molecular weight is 292 g/mol. The molecule has 2 amide bonds. The zero-order valence-corrected chi connectivity index (χ0v) is 13.4. The van der Waals surface area contributed by atoms with Crippen molar-refractivity contribution in [1.82, 2.24) is 10.2 Å². The van der Waals surface area contributed by atoms with Crippen LogP contribution in [0.5, 0.6) is 5.75 Å². The molecule has 0 atom stereocenters. The highest BCUT2D eigenvalue weighted by Gasteiger charge is 2.20. The number of carbonyl (C=O) groups is 2. The van der Waals surface area contributed by atoms with E-state index in [-0.39, 0.29) is 23.9 Å². The van der Waals surface area contributed by atoms with Crippen LogP contribution in [0.3, 0.4) is 0 Å². The molecule has 0 heterocycles. The van der Waals surface area contributed by atoms with E-state index >= 15 is 0 Å². The normalized spacial score (nSPS) is 10.9. The van der Waals surface area contributed by atoms with Crippen LogP contribution in [0.2, 0.25) is 0 Å². The Labute approximate surface area is 126 Å². The van der Waals surface area contributed by atoms with E-state index in [9.17, 15) is 9.59 Å². The summed E-state index contributed by atoms with van der Waals surface area (Å²) >= 11 is 0. The van der Waals surface area contributed by atoms with E-state index in [1.54, 1.807) is 25.2 Å². The molecule has 0 fully saturated rings. The molecule has 116 valence electrons. The molecule has 5 nitrogen and oxygen atoms in total. The summed E-state index contributed by atoms with van der Waals surface area (Å²) in [6, 6.07) is 7.04. The smallest absolute Gasteiger partial charge is 0.257 e. The largest absolute Gasteiger partial charge is 0.493 e. The van der Waals surface area contributed by atoms with Crippen LogP contribution in [-0.2, 0) is 4.79 Å². The van der Waals surface area contributed by atoms with Crippen molar-refractivity contribution < 1.29 is 14.3 Å². The Balaban J connectivity index is 2.77. The Morgan fingerprint density at radius 2 is 1.86 bits per heavy atom. The van der Waals surface area contributed by atoms with Crippen molar-refractivity contribution in [2.24, 2.45) is 0 Å². The summed E-state index contributed by atoms with van der Waals surface area (Å²) in [7, 11) is 1.60. The first kappa shape index (κ1) is 17.0. The van der Waals surface area contributed by atoms with Gasteiger partial charge >= 0.3 is 0 Å². The molecule has 1 aromatic carbocycles. The number of carbonyl (C=O) groups excluding carboxylic acids is 2. The lowest BCUT2D eigenvalue weighted by Crippen LogP contribution is -2.46. The molecule has 0 unspecified atom stereocenters. The summed E-state index contributed by atoms with van der Waals surface area (Å²) < 4.78 is 5.45. The van der Waals surface area contributed by atoms with Crippen molar-refractivity contribution in [1.29, 1.82) is 0 Å². The predicted molar refractivity (Wildman–Crippen MR) is 82.5 cm³/mol. The van der Waals surface area contributed by atoms with E-state index in [4.69, 9.17) is 4.74 Å². The number of nitrogens with zero attached hydrogens (tertiary/aromatic N) is 1. The maximum atomic E-state index is 12.4. The predicted octanol–water partition coefficient (Wildman–Crippen LogP) is 2.07. The topological polar surface area (TPSA) is 58.6 Å². The second kappa shape index (κ2) is 7.11. The number of ether oxygens (including phenoxy) is 1. The highest BCUT2D eigenvalue weighted by atomic mass is 16.5. The summed E-state index contributed by atoms with van der Waals surface area (Å²) in [5, 5.41) is 2.83. The number of likely N-dealkylation sites (N-methyl/N-ethyl adjacent to an activating group) is 1. The number of benzene rings is 1. The monoisotopic (exact) mass is 292 g/mol. The maximum absolute atomic E-state index is 12.4. The zero-order chi connectivity index (χ0) is 16.0. The Morgan fingerprint density at radius 1 is 1.24 bits per heavy atom. The van der Waals surface area contributed by atoms with Crippen molar-refractivity contribution in [2.75, 3.05) is 20.2 Å². The fourth-order valence-electron chi connectivity index (χ4n) is 1.88. The first-order valence-electron chi connectivity index (χ1n) is 7.03. The van der Waals surface area contributed by atoms with Gasteiger partial charge in [-0.05, 0) is 39.8 Å². The minimum atomic E-state index is -0.315. The minimum absolute atomic E-state index is 0.0105. The number of hydrogen-bond acceptors (Lipinski definition) is 3. The molecular weight excluding hydrogens is 268 g/mol. The summed E-state index contributed by atoms with van der Waals surface area (Å²) in [5.41, 5.74) is 0.148. The molecule has 1 aromatic rings. The molecule has 5 heteroatoms. The van der Waals surface area contributed by atoms with E-state index in [1.165, 1.54) is 4.90 Å². The first-order chi connectivity index (χ1) is 9.74. The van der Waals surface area contributed by atoms with Gasteiger partial charge in [0.2, 0.25) is 5.91 Å². The fraction of sp³-hybridized carbons (Fsp3) is 0.500. The van der Waals surface area contributed by atoms with Gasteiger partial charge in [-0.3, -0.25) is 9.59 Å². The molecule has 1 N–H and O–H groups in total. The highest BCUT2D eigenvalue weighted by molar-refractivity contribution is 5.98. The quantitative estimate of drug-likeness (QED) is 0.904. The van der Waals surface area contributed by atoms with Crippen molar-refractivity contribution >= 4 is 11.8 Å². The number of rotatable bonds is 5. The van der Waals surface area contributed by atoms with Crippen LogP contribution in [0.25, 0.3) is 0 Å². The summed E-state index contributed by atoms with van der Waals surface area (Å²) in [4.78, 5) is 25.7. The summed E-state index contributed by atoms with van der Waals surface area (Å²) in [6.07, 6.45) is 0. The van der Waals surface area contributed by atoms with Crippen molar-refractivity contribution in [3.8, 4) is 5.75 Å². The van der Waals surface area contributed by atoms with Gasteiger partial charge in [0.25, 0.3) is 5.91 Å². The van der Waals surface area contributed by atoms with E-state index in [0.29, 0.717) is 17.9 Å². The molecule has 0 bridgehead atoms. The molecule has 0 saturated heterocycles. The van der Waals surface area contributed by atoms with Crippen LogP contribution in [0.4, 0.5) is 0 Å². The second-order valence-electron chi connectivity index (χ2n) is 5.89. The van der Waals surface area contributed by atoms with Crippen LogP contribution in [-0.4, -0.2) is 42.5 Å². The van der Waals surface area contributed by atoms with Crippen molar-refractivity contribution in [3.05, 3.63) is 29.8 Å². The third-order valence-corrected chi connectivity index (χ3v) is 2.66. The van der Waals surface area contributed by atoms with Gasteiger partial charge in [0, 0.05) is 12.6 Å². The lowest BCUT2D eigenvalue weighted by Gasteiger charge is -2.23. The molecule has 0 aliphatic rings. The van der Waals surface area contributed by atoms with Crippen LogP contribution in [0.1, 0.15) is 38.1 Å². The van der Waals surface area contributed by atoms with E-state index in [0.717, 1.165) is 0 Å². The van der Waals surface area contributed by atoms with Crippen molar-refractivity contribution in [3.63, 3.8) is 0 Å². The Bertz CT molecular complexity index is 506. The van der Waals surface area contributed by atoms with Gasteiger partial charge in [-0.1, -0.05) is 12.1 Å². The summed E-state index contributed by atoms with van der Waals surface area (Å²) in [5.74, 6) is 0.114. The highest BCUT2D eigenvalue weighted by Crippen LogP contribution is 2.19. The standard InChI is InChI=1S/C16H24N2O3/c1-6-21-13-10-8-7-9-12(13)15(20)18(5)11-14(19)17-16(2,3)4/h7-10H,6,11H2,1-5H3,(H,17,19). The molecular formula is C16H24N2O3. The van der Waals surface area contributed by atoms with Crippen molar-refractivity contribution in [2.45, 2.75) is 33.2 Å². The third-order valence-electron chi connectivity index (χ3n) is 2.66. The van der Waals surface area contributed by atoms with Crippen LogP contribution >= 0.6 is 0 Å². The van der Waals surface area contributed by atoms with Crippen LogP contribution < -0.4 is 10.1 Å².